The van der Waals surface area contributed by atoms with Crippen molar-refractivity contribution >= 4 is 56.9 Å². The number of anilines is 1. The van der Waals surface area contributed by atoms with E-state index >= 15 is 0 Å². The number of benzene rings is 2. The SMILES string of the molecule is C=CCCC(=O)N[C@@H](C)[C@H](OC(=O)[C@@H]1[C@H]2O[C@@]3(CC2Br)[C@H](C(=O)N(CC=C)c2ccc(Cl)cc2)N(CCCCCO)C(=O)[C@@H]13)c1ccccc1. The molecule has 0 radical (unpaired) electrons. The summed E-state index contributed by atoms with van der Waals surface area (Å²) in [6, 6.07) is 14.4. The Morgan fingerprint density at radius 1 is 1.14 bits per heavy atom. The summed E-state index contributed by atoms with van der Waals surface area (Å²) in [7, 11) is 0. The zero-order valence-electron chi connectivity index (χ0n) is 28.2. The number of esters is 1. The van der Waals surface area contributed by atoms with Crippen LogP contribution in [-0.4, -0.2) is 82.0 Å². The van der Waals surface area contributed by atoms with E-state index in [9.17, 15) is 24.3 Å². The van der Waals surface area contributed by atoms with Crippen molar-refractivity contribution in [1.29, 1.82) is 0 Å². The number of hydrogen-bond donors (Lipinski definition) is 2. The molecule has 1 spiro atoms. The Morgan fingerprint density at radius 2 is 1.86 bits per heavy atom. The molecular formula is C38H45BrClN3O7. The molecule has 12 heteroatoms. The van der Waals surface area contributed by atoms with Crippen LogP contribution in [0.1, 0.15) is 57.1 Å². The van der Waals surface area contributed by atoms with Crippen molar-refractivity contribution in [3.8, 4) is 0 Å². The second-order valence-electron chi connectivity index (χ2n) is 13.1. The minimum Gasteiger partial charge on any atom is -0.455 e. The summed E-state index contributed by atoms with van der Waals surface area (Å²) in [6.07, 6.45) is 4.56. The first kappa shape index (κ1) is 37.7. The van der Waals surface area contributed by atoms with E-state index in [1.807, 2.05) is 30.3 Å². The molecule has 2 aromatic carbocycles. The van der Waals surface area contributed by atoms with E-state index in [1.54, 1.807) is 53.1 Å². The summed E-state index contributed by atoms with van der Waals surface area (Å²) < 4.78 is 13.0. The van der Waals surface area contributed by atoms with Gasteiger partial charge in [-0.1, -0.05) is 70.0 Å². The van der Waals surface area contributed by atoms with Crippen molar-refractivity contribution < 1.29 is 33.8 Å². The van der Waals surface area contributed by atoms with Crippen molar-refractivity contribution in [1.82, 2.24) is 10.2 Å². The van der Waals surface area contributed by atoms with Crippen LogP contribution in [0, 0.1) is 11.8 Å². The maximum absolute atomic E-state index is 14.8. The molecule has 3 fully saturated rings. The van der Waals surface area contributed by atoms with Gasteiger partial charge in [0.25, 0.3) is 5.91 Å². The number of rotatable bonds is 17. The zero-order chi connectivity index (χ0) is 36.0. The van der Waals surface area contributed by atoms with E-state index in [0.717, 1.165) is 0 Å². The number of allylic oxidation sites excluding steroid dienone is 1. The van der Waals surface area contributed by atoms with Crippen molar-refractivity contribution in [3.63, 3.8) is 0 Å². The maximum Gasteiger partial charge on any atom is 0.313 e. The molecule has 5 rings (SSSR count). The van der Waals surface area contributed by atoms with Crippen molar-refractivity contribution in [2.75, 3.05) is 24.6 Å². The van der Waals surface area contributed by atoms with Crippen LogP contribution in [0.5, 0.6) is 0 Å². The summed E-state index contributed by atoms with van der Waals surface area (Å²) >= 11 is 9.89. The van der Waals surface area contributed by atoms with Gasteiger partial charge in [0.2, 0.25) is 11.8 Å². The first-order valence-corrected chi connectivity index (χ1v) is 18.4. The highest BCUT2D eigenvalue weighted by Gasteiger charge is 2.77. The van der Waals surface area contributed by atoms with Gasteiger partial charge in [-0.05, 0) is 68.9 Å². The topological polar surface area (TPSA) is 125 Å². The van der Waals surface area contributed by atoms with Crippen molar-refractivity contribution in [2.45, 2.75) is 80.2 Å². The van der Waals surface area contributed by atoms with E-state index < -0.39 is 47.7 Å². The molecule has 3 aliphatic heterocycles. The lowest BCUT2D eigenvalue weighted by Gasteiger charge is -2.37. The number of hydrogen-bond acceptors (Lipinski definition) is 7. The van der Waals surface area contributed by atoms with Crippen LogP contribution in [0.25, 0.3) is 0 Å². The minimum atomic E-state index is -1.30. The third-order valence-electron chi connectivity index (χ3n) is 9.86. The second kappa shape index (κ2) is 16.7. The molecule has 50 heavy (non-hydrogen) atoms. The van der Waals surface area contributed by atoms with Gasteiger partial charge in [-0.15, -0.1) is 13.2 Å². The average molecular weight is 771 g/mol. The Kier molecular flexibility index (Phi) is 12.6. The number of alkyl halides is 1. The summed E-state index contributed by atoms with van der Waals surface area (Å²) in [5.41, 5.74) is -0.0295. The van der Waals surface area contributed by atoms with Gasteiger partial charge in [-0.3, -0.25) is 19.2 Å². The van der Waals surface area contributed by atoms with Gasteiger partial charge in [0.15, 0.2) is 0 Å². The highest BCUT2D eigenvalue weighted by atomic mass is 79.9. The number of ether oxygens (including phenoxy) is 2. The largest absolute Gasteiger partial charge is 0.455 e. The van der Waals surface area contributed by atoms with E-state index in [4.69, 9.17) is 21.1 Å². The molecule has 3 amide bonds. The number of amides is 3. The summed E-state index contributed by atoms with van der Waals surface area (Å²) in [5.74, 6) is -3.49. The fourth-order valence-electron chi connectivity index (χ4n) is 7.65. The van der Waals surface area contributed by atoms with Gasteiger partial charge >= 0.3 is 5.97 Å². The molecule has 0 aromatic heterocycles. The molecular weight excluding hydrogens is 726 g/mol. The molecule has 2 N–H and O–H groups in total. The lowest BCUT2D eigenvalue weighted by molar-refractivity contribution is -0.162. The molecule has 0 aliphatic carbocycles. The third kappa shape index (κ3) is 7.56. The number of halogens is 2. The second-order valence-corrected chi connectivity index (χ2v) is 14.8. The number of likely N-dealkylation sites (tertiary alicyclic amines) is 1. The Morgan fingerprint density at radius 3 is 2.52 bits per heavy atom. The fourth-order valence-corrected chi connectivity index (χ4v) is 8.72. The quantitative estimate of drug-likeness (QED) is 0.0940. The molecule has 2 bridgehead atoms. The summed E-state index contributed by atoms with van der Waals surface area (Å²) in [4.78, 5) is 59.2. The number of carbonyl (C=O) groups excluding carboxylic acids is 4. The molecule has 1 unspecified atom stereocenters. The molecule has 3 heterocycles. The Hall–Kier alpha value is -3.51. The summed E-state index contributed by atoms with van der Waals surface area (Å²) in [6.45, 7) is 9.76. The van der Waals surface area contributed by atoms with Crippen LogP contribution in [0.2, 0.25) is 5.02 Å². The lowest BCUT2D eigenvalue weighted by atomic mass is 9.70. The molecule has 268 valence electrons. The van der Waals surface area contributed by atoms with Crippen LogP contribution in [0.3, 0.4) is 0 Å². The van der Waals surface area contributed by atoms with Crippen LogP contribution in [0.4, 0.5) is 5.69 Å². The first-order valence-electron chi connectivity index (χ1n) is 17.1. The van der Waals surface area contributed by atoms with E-state index in [1.165, 1.54) is 0 Å². The number of aliphatic hydroxyl groups is 1. The predicted octanol–water partition coefficient (Wildman–Crippen LogP) is 5.53. The van der Waals surface area contributed by atoms with Gasteiger partial charge < -0.3 is 29.7 Å². The van der Waals surface area contributed by atoms with Gasteiger partial charge in [0.05, 0.1) is 24.0 Å². The van der Waals surface area contributed by atoms with Crippen LogP contribution < -0.4 is 10.2 Å². The molecule has 2 aromatic rings. The number of carbonyl (C=O) groups is 4. The van der Waals surface area contributed by atoms with Crippen LogP contribution in [-0.2, 0) is 28.7 Å². The monoisotopic (exact) mass is 769 g/mol. The van der Waals surface area contributed by atoms with Gasteiger partial charge in [-0.25, -0.2) is 0 Å². The Labute approximate surface area is 306 Å². The highest BCUT2D eigenvalue weighted by molar-refractivity contribution is 9.09. The molecule has 8 atom stereocenters. The number of unbranched alkanes of at least 4 members (excludes halogenated alkanes) is 2. The molecule has 0 saturated carbocycles. The number of aliphatic hydroxyl groups excluding tert-OH is 1. The van der Waals surface area contributed by atoms with Gasteiger partial charge in [-0.2, -0.15) is 0 Å². The number of nitrogens with zero attached hydrogens (tertiary/aromatic N) is 2. The van der Waals surface area contributed by atoms with Gasteiger partial charge in [0.1, 0.15) is 17.7 Å². The standard InChI is InChI=1S/C38H45BrClN3O7/c1-4-6-15-29(45)41-24(3)32(25-13-9-7-10-14-25)49-37(48)30-31-35(46)43(21-11-8-12-22-44)34(38(31)23-28(39)33(30)50-38)36(47)42(20-5-2)27-18-16-26(40)17-19-27/h4-5,7,9-10,13-14,16-19,24,28,30-34,44H,1-2,6,8,11-12,15,20-23H2,3H3,(H,41,45)/t24-,28?,30-,31+,32-,33-,34-,38+/m0/s1. The average Bonchev–Trinajstić information content (AvgIpc) is 3.70. The van der Waals surface area contributed by atoms with Crippen molar-refractivity contribution in [3.05, 3.63) is 90.5 Å². The van der Waals surface area contributed by atoms with Crippen LogP contribution in [0.15, 0.2) is 79.9 Å². The van der Waals surface area contributed by atoms with E-state index in [2.05, 4.69) is 34.4 Å². The third-order valence-corrected chi connectivity index (χ3v) is 11.0. The highest BCUT2D eigenvalue weighted by Crippen LogP contribution is 2.60. The number of fused-ring (bicyclic) bond motifs is 1. The first-order chi connectivity index (χ1) is 24.1. The molecule has 10 nitrogen and oxygen atoms in total. The fraction of sp³-hybridized carbons (Fsp3) is 0.474. The summed E-state index contributed by atoms with van der Waals surface area (Å²) in [5, 5.41) is 12.8. The number of nitrogens with one attached hydrogen (secondary N) is 1. The van der Waals surface area contributed by atoms with E-state index in [0.29, 0.717) is 48.4 Å². The van der Waals surface area contributed by atoms with E-state index in [-0.39, 0.29) is 48.7 Å². The van der Waals surface area contributed by atoms with Crippen molar-refractivity contribution in [2.24, 2.45) is 11.8 Å². The molecule has 3 saturated heterocycles. The minimum absolute atomic E-state index is 0.0201. The predicted molar refractivity (Wildman–Crippen MR) is 195 cm³/mol. The maximum atomic E-state index is 14.8. The van der Waals surface area contributed by atoms with Gasteiger partial charge in [0, 0.05) is 41.7 Å². The zero-order valence-corrected chi connectivity index (χ0v) is 30.6. The Bertz CT molecular complexity index is 1560. The van der Waals surface area contributed by atoms with Crippen LogP contribution >= 0.6 is 27.5 Å². The smallest absolute Gasteiger partial charge is 0.313 e. The lowest BCUT2D eigenvalue weighted by Crippen LogP contribution is -2.57. The molecule has 3 aliphatic rings. The normalized spacial score (nSPS) is 26.2. The Balaban J connectivity index is 1.49.